The number of carboxylic acid groups (broad SMARTS) is 1. The molecule has 0 aromatic heterocycles. The predicted octanol–water partition coefficient (Wildman–Crippen LogP) is 6.25. The van der Waals surface area contributed by atoms with Gasteiger partial charge in [0, 0.05) is 0 Å². The highest BCUT2D eigenvalue weighted by molar-refractivity contribution is 6.06. The van der Waals surface area contributed by atoms with E-state index in [4.69, 9.17) is 0 Å². The fourth-order valence-corrected chi connectivity index (χ4v) is 10.1. The minimum atomic E-state index is -0.950. The van der Waals surface area contributed by atoms with Crippen molar-refractivity contribution in [1.29, 1.82) is 0 Å². The van der Waals surface area contributed by atoms with Crippen molar-refractivity contribution in [1.82, 2.24) is 0 Å². The molecule has 186 valence electrons. The Labute approximate surface area is 204 Å². The molecule has 4 nitrogen and oxygen atoms in total. The van der Waals surface area contributed by atoms with E-state index in [9.17, 15) is 19.5 Å². The summed E-state index contributed by atoms with van der Waals surface area (Å²) < 4.78 is 0. The lowest BCUT2D eigenvalue weighted by atomic mass is 9.34. The van der Waals surface area contributed by atoms with Crippen molar-refractivity contribution < 1.29 is 19.5 Å². The Bertz CT molecular complexity index is 1010. The summed E-state index contributed by atoms with van der Waals surface area (Å²) >= 11 is 0. The van der Waals surface area contributed by atoms with E-state index < -0.39 is 16.8 Å². The lowest BCUT2D eigenvalue weighted by molar-refractivity contribution is -0.177. The molecule has 1 N–H and O–H groups in total. The minimum absolute atomic E-state index is 0.00191. The summed E-state index contributed by atoms with van der Waals surface area (Å²) in [4.78, 5) is 37.8. The zero-order valence-corrected chi connectivity index (χ0v) is 21.8. The number of carbonyl (C=O) groups excluding carboxylic acids is 2. The number of fused-ring (bicyclic) bond motifs is 7. The Kier molecular flexibility index (Phi) is 5.06. The van der Waals surface area contributed by atoms with Gasteiger partial charge >= 0.3 is 5.97 Å². The fourth-order valence-electron chi connectivity index (χ4n) is 10.1. The molecule has 34 heavy (non-hydrogen) atoms. The van der Waals surface area contributed by atoms with E-state index in [1.165, 1.54) is 5.57 Å². The fraction of sp³-hybridized carbons (Fsp3) is 0.767. The molecule has 0 radical (unpaired) electrons. The monoisotopic (exact) mass is 466 g/mol. The lowest BCUT2D eigenvalue weighted by Crippen LogP contribution is -2.64. The van der Waals surface area contributed by atoms with Gasteiger partial charge in [0.05, 0.1) is 10.8 Å². The second-order valence-electron chi connectivity index (χ2n) is 13.6. The number of allylic oxidation sites excluding steroid dienone is 4. The normalized spacial score (nSPS) is 54.1. The summed E-state index contributed by atoms with van der Waals surface area (Å²) in [5.74, 6) is 0.665. The number of aldehydes is 1. The molecule has 0 heterocycles. The number of carboxylic acids is 1. The maximum atomic E-state index is 12.8. The van der Waals surface area contributed by atoms with E-state index >= 15 is 0 Å². The first-order valence-corrected chi connectivity index (χ1v) is 13.5. The van der Waals surface area contributed by atoms with E-state index in [2.05, 4.69) is 46.8 Å². The van der Waals surface area contributed by atoms with Gasteiger partial charge < -0.3 is 9.90 Å². The number of rotatable bonds is 2. The molecule has 5 aliphatic rings. The van der Waals surface area contributed by atoms with Gasteiger partial charge in [-0.2, -0.15) is 0 Å². The van der Waals surface area contributed by atoms with Gasteiger partial charge in [0.15, 0.2) is 5.78 Å². The highest BCUT2D eigenvalue weighted by Gasteiger charge is 2.69. The topological polar surface area (TPSA) is 71.4 Å². The smallest absolute Gasteiger partial charge is 0.310 e. The molecular formula is C30H42O4. The Morgan fingerprint density at radius 3 is 2.38 bits per heavy atom. The molecule has 0 aromatic carbocycles. The number of carbonyl (C=O) groups is 3. The Morgan fingerprint density at radius 2 is 1.74 bits per heavy atom. The highest BCUT2D eigenvalue weighted by atomic mass is 16.4. The van der Waals surface area contributed by atoms with Crippen LogP contribution in [0.5, 0.6) is 0 Å². The van der Waals surface area contributed by atoms with Gasteiger partial charge in [0.25, 0.3) is 0 Å². The Balaban J connectivity index is 1.65. The maximum absolute atomic E-state index is 12.8. The quantitative estimate of drug-likeness (QED) is 0.296. The molecule has 0 spiro atoms. The van der Waals surface area contributed by atoms with Crippen molar-refractivity contribution in [2.24, 2.45) is 56.7 Å². The average molecular weight is 467 g/mol. The van der Waals surface area contributed by atoms with Crippen LogP contribution >= 0.6 is 0 Å². The van der Waals surface area contributed by atoms with Gasteiger partial charge in [-0.15, -0.1) is 0 Å². The largest absolute Gasteiger partial charge is 0.481 e. The first-order chi connectivity index (χ1) is 15.8. The zero-order valence-electron chi connectivity index (χ0n) is 21.8. The minimum Gasteiger partial charge on any atom is -0.481 e. The van der Waals surface area contributed by atoms with Gasteiger partial charge in [-0.3, -0.25) is 9.59 Å². The number of hydrogen-bond acceptors (Lipinski definition) is 3. The Morgan fingerprint density at radius 1 is 1.03 bits per heavy atom. The molecule has 0 bridgehead atoms. The average Bonchev–Trinajstić information content (AvgIpc) is 2.79. The number of ketones is 1. The van der Waals surface area contributed by atoms with Crippen molar-refractivity contribution in [3.63, 3.8) is 0 Å². The second-order valence-corrected chi connectivity index (χ2v) is 13.6. The van der Waals surface area contributed by atoms with Crippen LogP contribution in [0.15, 0.2) is 23.8 Å². The van der Waals surface area contributed by atoms with Gasteiger partial charge in [-0.05, 0) is 104 Å². The number of hydrogen-bond donors (Lipinski definition) is 1. The van der Waals surface area contributed by atoms with Crippen molar-refractivity contribution in [3.8, 4) is 0 Å². The van der Waals surface area contributed by atoms with Crippen LogP contribution in [0.25, 0.3) is 0 Å². The van der Waals surface area contributed by atoms with Crippen LogP contribution in [0.1, 0.15) is 86.5 Å². The van der Waals surface area contributed by atoms with Gasteiger partial charge in [0.1, 0.15) is 6.29 Å². The summed E-state index contributed by atoms with van der Waals surface area (Å²) in [6, 6.07) is 0. The van der Waals surface area contributed by atoms with Gasteiger partial charge in [-0.25, -0.2) is 0 Å². The lowest BCUT2D eigenvalue weighted by Gasteiger charge is -2.69. The third-order valence-electron chi connectivity index (χ3n) is 12.7. The van der Waals surface area contributed by atoms with E-state index in [0.717, 1.165) is 51.2 Å². The molecule has 0 saturated heterocycles. The third-order valence-corrected chi connectivity index (χ3v) is 12.7. The Hall–Kier alpha value is -1.71. The first-order valence-electron chi connectivity index (χ1n) is 13.5. The molecule has 2 unspecified atom stereocenters. The van der Waals surface area contributed by atoms with Crippen molar-refractivity contribution in [2.75, 3.05) is 0 Å². The highest BCUT2D eigenvalue weighted by Crippen LogP contribution is 2.74. The van der Waals surface area contributed by atoms with Crippen molar-refractivity contribution in [2.45, 2.75) is 86.5 Å². The van der Waals surface area contributed by atoms with Crippen LogP contribution < -0.4 is 0 Å². The van der Waals surface area contributed by atoms with Crippen LogP contribution in [-0.2, 0) is 14.4 Å². The molecule has 3 saturated carbocycles. The van der Waals surface area contributed by atoms with Crippen LogP contribution in [0.4, 0.5) is 0 Å². The SMILES string of the molecule is C[C@H]1[C@H](C)CC[C@]2(C(=O)O)CC[C@]3(C)C(=CC[C@@H]4[C@@]5(C)C=CC(=O)C(C)(C=O)C5CC[C@]43C)[C@H]12. The molecule has 3 fully saturated rings. The number of aliphatic carboxylic acids is 1. The van der Waals surface area contributed by atoms with Crippen LogP contribution in [0.2, 0.25) is 0 Å². The predicted molar refractivity (Wildman–Crippen MR) is 132 cm³/mol. The summed E-state index contributed by atoms with van der Waals surface area (Å²) in [6.45, 7) is 13.6. The van der Waals surface area contributed by atoms with Crippen LogP contribution in [-0.4, -0.2) is 23.1 Å². The van der Waals surface area contributed by atoms with Gasteiger partial charge in [-0.1, -0.05) is 52.3 Å². The third kappa shape index (κ3) is 2.58. The second kappa shape index (κ2) is 7.17. The molecule has 0 aromatic rings. The standard InChI is InChI=1S/C30H42O4/c1-18-9-14-30(25(33)34)16-15-28(5)20(24(30)19(18)2)7-8-22-26(3)12-11-23(32)27(4,17-31)21(26)10-13-29(22,28)6/h7,11-12,17-19,21-22,24H,8-10,13-16H2,1-6H3,(H,33,34)/t18-,19+,21?,22-,24+,26+,27?,28-,29-,30+/m1/s1. The molecule has 4 heteroatoms. The van der Waals surface area contributed by atoms with Crippen LogP contribution in [0, 0.1) is 56.7 Å². The summed E-state index contributed by atoms with van der Waals surface area (Å²) in [6.07, 6.45) is 13.3. The van der Waals surface area contributed by atoms with E-state index in [0.29, 0.717) is 17.8 Å². The van der Waals surface area contributed by atoms with Gasteiger partial charge in [0.2, 0.25) is 0 Å². The summed E-state index contributed by atoms with van der Waals surface area (Å²) in [7, 11) is 0. The molecule has 5 rings (SSSR count). The first kappa shape index (κ1) is 24.0. The summed E-state index contributed by atoms with van der Waals surface area (Å²) in [5.41, 5.74) is -0.458. The van der Waals surface area contributed by atoms with Crippen molar-refractivity contribution in [3.05, 3.63) is 23.8 Å². The summed E-state index contributed by atoms with van der Waals surface area (Å²) in [5, 5.41) is 10.5. The molecule has 0 amide bonds. The zero-order chi connectivity index (χ0) is 24.9. The van der Waals surface area contributed by atoms with Crippen molar-refractivity contribution >= 4 is 18.0 Å². The van der Waals surface area contributed by atoms with E-state index in [-0.39, 0.29) is 33.9 Å². The molecule has 5 aliphatic carbocycles. The molecule has 10 atom stereocenters. The maximum Gasteiger partial charge on any atom is 0.310 e. The molecular weight excluding hydrogens is 424 g/mol. The van der Waals surface area contributed by atoms with Crippen LogP contribution in [0.3, 0.4) is 0 Å². The molecule has 0 aliphatic heterocycles. The van der Waals surface area contributed by atoms with E-state index in [1.807, 2.05) is 6.92 Å². The van der Waals surface area contributed by atoms with E-state index in [1.54, 1.807) is 6.08 Å².